The molecule has 1 aliphatic rings. The third kappa shape index (κ3) is 2.41. The van der Waals surface area contributed by atoms with Crippen molar-refractivity contribution in [1.29, 1.82) is 0 Å². The Morgan fingerprint density at radius 2 is 1.95 bits per heavy atom. The third-order valence-electron chi connectivity index (χ3n) is 3.62. The fourth-order valence-corrected chi connectivity index (χ4v) is 4.25. The quantitative estimate of drug-likeness (QED) is 0.944. The van der Waals surface area contributed by atoms with Gasteiger partial charge in [0.05, 0.1) is 17.2 Å². The summed E-state index contributed by atoms with van der Waals surface area (Å²) in [6.45, 7) is 0.136. The van der Waals surface area contributed by atoms with Gasteiger partial charge in [-0.2, -0.15) is 0 Å². The van der Waals surface area contributed by atoms with Crippen LogP contribution in [0.4, 0.5) is 5.69 Å². The molecule has 4 nitrogen and oxygen atoms in total. The van der Waals surface area contributed by atoms with Crippen LogP contribution >= 0.6 is 11.6 Å². The van der Waals surface area contributed by atoms with E-state index in [-0.39, 0.29) is 11.5 Å². The second-order valence-electron chi connectivity index (χ2n) is 4.87. The molecule has 21 heavy (non-hydrogen) atoms. The summed E-state index contributed by atoms with van der Waals surface area (Å²) in [7, 11) is -3.64. The monoisotopic (exact) mass is 323 g/mol. The van der Waals surface area contributed by atoms with Crippen LogP contribution in [0.15, 0.2) is 47.4 Å². The molecule has 0 spiro atoms. The summed E-state index contributed by atoms with van der Waals surface area (Å²) in [4.78, 5) is 0.146. The standard InChI is InChI=1S/C15H14ClNO3S/c16-14-6-5-13(9-12(14)10-18)21(19,20)17-8-7-11-3-1-2-4-15(11)17/h1-6,9,18H,7-8,10H2. The lowest BCUT2D eigenvalue weighted by molar-refractivity contribution is 0.281. The van der Waals surface area contributed by atoms with Crippen LogP contribution in [0, 0.1) is 0 Å². The van der Waals surface area contributed by atoms with Gasteiger partial charge in [0.15, 0.2) is 0 Å². The lowest BCUT2D eigenvalue weighted by atomic mass is 10.2. The number of sulfonamides is 1. The van der Waals surface area contributed by atoms with Crippen molar-refractivity contribution in [3.8, 4) is 0 Å². The highest BCUT2D eigenvalue weighted by Gasteiger charge is 2.30. The molecule has 0 saturated carbocycles. The highest BCUT2D eigenvalue weighted by Crippen LogP contribution is 2.33. The first kappa shape index (κ1) is 14.4. The minimum Gasteiger partial charge on any atom is -0.392 e. The maximum Gasteiger partial charge on any atom is 0.264 e. The van der Waals surface area contributed by atoms with Crippen LogP contribution in [0.2, 0.25) is 5.02 Å². The Kier molecular flexibility index (Phi) is 3.65. The van der Waals surface area contributed by atoms with E-state index in [1.807, 2.05) is 24.3 Å². The average molecular weight is 324 g/mol. The minimum absolute atomic E-state index is 0.146. The predicted molar refractivity (Wildman–Crippen MR) is 82.1 cm³/mol. The lowest BCUT2D eigenvalue weighted by Gasteiger charge is -2.20. The van der Waals surface area contributed by atoms with Crippen molar-refractivity contribution in [3.63, 3.8) is 0 Å². The Labute approximate surface area is 128 Å². The number of hydrogen-bond donors (Lipinski definition) is 1. The highest BCUT2D eigenvalue weighted by atomic mass is 35.5. The first-order chi connectivity index (χ1) is 10.0. The summed E-state index contributed by atoms with van der Waals surface area (Å²) in [6.07, 6.45) is 0.704. The van der Waals surface area contributed by atoms with E-state index >= 15 is 0 Å². The summed E-state index contributed by atoms with van der Waals surface area (Å²) in [6, 6.07) is 11.9. The Morgan fingerprint density at radius 3 is 2.71 bits per heavy atom. The van der Waals surface area contributed by atoms with Crippen molar-refractivity contribution in [2.45, 2.75) is 17.9 Å². The van der Waals surface area contributed by atoms with Gasteiger partial charge in [-0.05, 0) is 41.8 Å². The third-order valence-corrected chi connectivity index (χ3v) is 5.80. The molecule has 6 heteroatoms. The number of rotatable bonds is 3. The fourth-order valence-electron chi connectivity index (χ4n) is 2.52. The molecule has 0 aromatic heterocycles. The van der Waals surface area contributed by atoms with Crippen molar-refractivity contribution < 1.29 is 13.5 Å². The van der Waals surface area contributed by atoms with Gasteiger partial charge < -0.3 is 5.11 Å². The van der Waals surface area contributed by atoms with E-state index in [9.17, 15) is 13.5 Å². The van der Waals surface area contributed by atoms with Crippen LogP contribution in [0.1, 0.15) is 11.1 Å². The first-order valence-corrected chi connectivity index (χ1v) is 8.36. The first-order valence-electron chi connectivity index (χ1n) is 6.54. The van der Waals surface area contributed by atoms with Crippen LogP contribution in [0.25, 0.3) is 0 Å². The summed E-state index contributed by atoms with van der Waals surface area (Å²) >= 11 is 5.92. The number of aliphatic hydroxyl groups excluding tert-OH is 1. The van der Waals surface area contributed by atoms with E-state index in [1.54, 1.807) is 0 Å². The summed E-state index contributed by atoms with van der Waals surface area (Å²) in [5, 5.41) is 9.60. The van der Waals surface area contributed by atoms with E-state index < -0.39 is 10.0 Å². The fraction of sp³-hybridized carbons (Fsp3) is 0.200. The van der Waals surface area contributed by atoms with Crippen LogP contribution in [-0.4, -0.2) is 20.1 Å². The largest absolute Gasteiger partial charge is 0.392 e. The topological polar surface area (TPSA) is 57.6 Å². The number of halogens is 1. The number of hydrogen-bond acceptors (Lipinski definition) is 3. The van der Waals surface area contributed by atoms with Crippen LogP contribution < -0.4 is 4.31 Å². The number of fused-ring (bicyclic) bond motifs is 1. The van der Waals surface area contributed by atoms with E-state index in [2.05, 4.69) is 0 Å². The number of para-hydroxylation sites is 1. The number of benzene rings is 2. The zero-order valence-electron chi connectivity index (χ0n) is 11.2. The molecule has 0 amide bonds. The molecule has 2 aromatic rings. The normalized spacial score (nSPS) is 14.3. The molecule has 110 valence electrons. The van der Waals surface area contributed by atoms with E-state index in [0.29, 0.717) is 23.6 Å². The van der Waals surface area contributed by atoms with Gasteiger partial charge in [-0.25, -0.2) is 8.42 Å². The number of aliphatic hydroxyl groups is 1. The summed E-state index contributed by atoms with van der Waals surface area (Å²) < 4.78 is 27.0. The molecule has 1 N–H and O–H groups in total. The van der Waals surface area contributed by atoms with Gasteiger partial charge >= 0.3 is 0 Å². The Bertz CT molecular complexity index is 789. The maximum absolute atomic E-state index is 12.8. The SMILES string of the molecule is O=S(=O)(c1ccc(Cl)c(CO)c1)N1CCc2ccccc21. The Morgan fingerprint density at radius 1 is 1.19 bits per heavy atom. The molecular weight excluding hydrogens is 310 g/mol. The summed E-state index contributed by atoms with van der Waals surface area (Å²) in [5.74, 6) is 0. The average Bonchev–Trinajstić information content (AvgIpc) is 2.92. The number of nitrogens with zero attached hydrogens (tertiary/aromatic N) is 1. The highest BCUT2D eigenvalue weighted by molar-refractivity contribution is 7.92. The molecule has 0 unspecified atom stereocenters. The van der Waals surface area contributed by atoms with Gasteiger partial charge in [-0.1, -0.05) is 29.8 Å². The van der Waals surface area contributed by atoms with Gasteiger partial charge in [0, 0.05) is 11.6 Å². The van der Waals surface area contributed by atoms with E-state index in [1.165, 1.54) is 22.5 Å². The maximum atomic E-state index is 12.8. The molecule has 2 aromatic carbocycles. The van der Waals surface area contributed by atoms with Crippen molar-refractivity contribution >= 4 is 27.3 Å². The molecule has 0 atom stereocenters. The smallest absolute Gasteiger partial charge is 0.264 e. The molecule has 1 heterocycles. The molecular formula is C15H14ClNO3S. The van der Waals surface area contributed by atoms with Gasteiger partial charge in [0.1, 0.15) is 0 Å². The zero-order valence-corrected chi connectivity index (χ0v) is 12.7. The van der Waals surface area contributed by atoms with Gasteiger partial charge in [0.2, 0.25) is 0 Å². The lowest BCUT2D eigenvalue weighted by Crippen LogP contribution is -2.29. The van der Waals surface area contributed by atoms with Crippen molar-refractivity contribution in [3.05, 3.63) is 58.6 Å². The molecule has 0 aliphatic carbocycles. The molecule has 3 rings (SSSR count). The molecule has 0 bridgehead atoms. The summed E-state index contributed by atoms with van der Waals surface area (Å²) in [5.41, 5.74) is 2.15. The van der Waals surface area contributed by atoms with Crippen molar-refractivity contribution in [2.75, 3.05) is 10.8 Å². The molecule has 1 aliphatic heterocycles. The molecule has 0 fully saturated rings. The van der Waals surface area contributed by atoms with E-state index in [0.717, 1.165) is 11.3 Å². The van der Waals surface area contributed by atoms with Crippen LogP contribution in [0.3, 0.4) is 0 Å². The zero-order chi connectivity index (χ0) is 15.0. The second-order valence-corrected chi connectivity index (χ2v) is 7.14. The van der Waals surface area contributed by atoms with Crippen molar-refractivity contribution in [2.24, 2.45) is 0 Å². The molecule has 0 saturated heterocycles. The van der Waals surface area contributed by atoms with Gasteiger partial charge in [0.25, 0.3) is 10.0 Å². The number of anilines is 1. The minimum atomic E-state index is -3.64. The van der Waals surface area contributed by atoms with E-state index in [4.69, 9.17) is 11.6 Å². The van der Waals surface area contributed by atoms with Crippen LogP contribution in [0.5, 0.6) is 0 Å². The van der Waals surface area contributed by atoms with Gasteiger partial charge in [-0.15, -0.1) is 0 Å². The Hall–Kier alpha value is -1.56. The van der Waals surface area contributed by atoms with Crippen molar-refractivity contribution in [1.82, 2.24) is 0 Å². The second kappa shape index (κ2) is 5.33. The van der Waals surface area contributed by atoms with Gasteiger partial charge in [-0.3, -0.25) is 4.31 Å². The predicted octanol–water partition coefficient (Wildman–Crippen LogP) is 2.58. The molecule has 0 radical (unpaired) electrons. The Balaban J connectivity index is 2.06. The van der Waals surface area contributed by atoms with Crippen LogP contribution in [-0.2, 0) is 23.1 Å².